The van der Waals surface area contributed by atoms with Gasteiger partial charge in [-0.1, -0.05) is 30.3 Å². The van der Waals surface area contributed by atoms with E-state index in [2.05, 4.69) is 29.6 Å². The second-order valence-electron chi connectivity index (χ2n) is 5.46. The van der Waals surface area contributed by atoms with Crippen molar-refractivity contribution in [2.75, 3.05) is 6.61 Å². The van der Waals surface area contributed by atoms with Crippen molar-refractivity contribution >= 4 is 5.97 Å². The van der Waals surface area contributed by atoms with Crippen LogP contribution < -0.4 is 5.32 Å². The number of hydrogen-bond acceptors (Lipinski definition) is 3. The van der Waals surface area contributed by atoms with Crippen molar-refractivity contribution in [3.05, 3.63) is 35.9 Å². The van der Waals surface area contributed by atoms with Gasteiger partial charge in [-0.2, -0.15) is 0 Å². The molecule has 0 bridgehead atoms. The zero-order valence-electron chi connectivity index (χ0n) is 10.8. The Bertz CT molecular complexity index is 448. The van der Waals surface area contributed by atoms with Crippen LogP contribution in [0.25, 0.3) is 0 Å². The molecule has 1 aliphatic heterocycles. The third-order valence-corrected chi connectivity index (χ3v) is 4.25. The molecule has 4 nitrogen and oxygen atoms in total. The van der Waals surface area contributed by atoms with Gasteiger partial charge in [0.1, 0.15) is 6.04 Å². The van der Waals surface area contributed by atoms with Gasteiger partial charge in [0.2, 0.25) is 0 Å². The Morgan fingerprint density at radius 2 is 2.05 bits per heavy atom. The molecule has 0 amide bonds. The normalized spacial score (nSPS) is 34.5. The first-order valence-electron chi connectivity index (χ1n) is 6.89. The number of rotatable bonds is 2. The Morgan fingerprint density at radius 1 is 1.26 bits per heavy atom. The lowest BCUT2D eigenvalue weighted by molar-refractivity contribution is -0.147. The average Bonchev–Trinajstić information content (AvgIpc) is 2.47. The van der Waals surface area contributed by atoms with E-state index in [9.17, 15) is 4.79 Å². The van der Waals surface area contributed by atoms with E-state index in [1.165, 1.54) is 5.56 Å². The van der Waals surface area contributed by atoms with Gasteiger partial charge < -0.3 is 9.84 Å². The van der Waals surface area contributed by atoms with Crippen LogP contribution in [-0.2, 0) is 9.53 Å². The van der Waals surface area contributed by atoms with E-state index in [-0.39, 0.29) is 18.8 Å². The molecule has 2 N–H and O–H groups in total. The first-order valence-corrected chi connectivity index (χ1v) is 6.89. The highest BCUT2D eigenvalue weighted by Gasteiger charge is 2.38. The summed E-state index contributed by atoms with van der Waals surface area (Å²) < 4.78 is 5.70. The van der Waals surface area contributed by atoms with Crippen LogP contribution in [0.15, 0.2) is 30.3 Å². The minimum Gasteiger partial charge on any atom is -0.480 e. The highest BCUT2D eigenvalue weighted by molar-refractivity contribution is 5.73. The lowest BCUT2D eigenvalue weighted by atomic mass is 9.79. The number of ether oxygens (including phenoxy) is 1. The monoisotopic (exact) mass is 261 g/mol. The van der Waals surface area contributed by atoms with E-state index in [0.717, 1.165) is 19.3 Å². The summed E-state index contributed by atoms with van der Waals surface area (Å²) in [6.07, 6.45) is 3.25. The maximum atomic E-state index is 11.0. The van der Waals surface area contributed by atoms with Crippen LogP contribution in [-0.4, -0.2) is 35.9 Å². The summed E-state index contributed by atoms with van der Waals surface area (Å²) in [5, 5.41) is 12.3. The van der Waals surface area contributed by atoms with Crippen LogP contribution in [0.5, 0.6) is 0 Å². The van der Waals surface area contributed by atoms with Gasteiger partial charge in [-0.25, -0.2) is 0 Å². The Labute approximate surface area is 112 Å². The van der Waals surface area contributed by atoms with Crippen LogP contribution in [0.2, 0.25) is 0 Å². The van der Waals surface area contributed by atoms with Crippen LogP contribution in [0.4, 0.5) is 0 Å². The molecule has 1 heterocycles. The molecule has 2 fully saturated rings. The number of carboxylic acid groups (broad SMARTS) is 1. The molecule has 1 saturated heterocycles. The molecule has 3 rings (SSSR count). The molecule has 0 aromatic heterocycles. The smallest absolute Gasteiger partial charge is 0.323 e. The molecular weight excluding hydrogens is 242 g/mol. The molecule has 4 atom stereocenters. The summed E-state index contributed by atoms with van der Waals surface area (Å²) in [6.45, 7) is 0.284. The zero-order chi connectivity index (χ0) is 13.2. The topological polar surface area (TPSA) is 58.6 Å². The molecule has 0 spiro atoms. The van der Waals surface area contributed by atoms with Gasteiger partial charge in [0.15, 0.2) is 0 Å². The van der Waals surface area contributed by atoms with Crippen molar-refractivity contribution in [2.24, 2.45) is 0 Å². The third-order valence-electron chi connectivity index (χ3n) is 4.25. The highest BCUT2D eigenvalue weighted by atomic mass is 16.5. The summed E-state index contributed by atoms with van der Waals surface area (Å²) in [5.41, 5.74) is 1.35. The number of nitrogens with one attached hydrogen (secondary N) is 1. The summed E-state index contributed by atoms with van der Waals surface area (Å²) in [6, 6.07) is 10.1. The number of carbonyl (C=O) groups is 1. The largest absolute Gasteiger partial charge is 0.480 e. The number of hydrogen-bond donors (Lipinski definition) is 2. The molecule has 1 aromatic carbocycles. The number of morpholine rings is 1. The van der Waals surface area contributed by atoms with E-state index >= 15 is 0 Å². The molecule has 102 valence electrons. The first kappa shape index (κ1) is 12.6. The number of benzene rings is 1. The minimum absolute atomic E-state index is 0.161. The summed E-state index contributed by atoms with van der Waals surface area (Å²) in [7, 11) is 0. The van der Waals surface area contributed by atoms with Crippen molar-refractivity contribution in [1.82, 2.24) is 5.32 Å². The number of carboxylic acids is 1. The Balaban J connectivity index is 1.69. The van der Waals surface area contributed by atoms with Gasteiger partial charge in [-0.3, -0.25) is 10.1 Å². The van der Waals surface area contributed by atoms with Crippen molar-refractivity contribution in [3.8, 4) is 0 Å². The van der Waals surface area contributed by atoms with Gasteiger partial charge in [0, 0.05) is 6.04 Å². The van der Waals surface area contributed by atoms with Crippen LogP contribution >= 0.6 is 0 Å². The first-order chi connectivity index (χ1) is 9.24. The van der Waals surface area contributed by atoms with E-state index in [4.69, 9.17) is 9.84 Å². The maximum Gasteiger partial charge on any atom is 0.323 e. The summed E-state index contributed by atoms with van der Waals surface area (Å²) in [4.78, 5) is 11.0. The second kappa shape index (κ2) is 5.31. The van der Waals surface area contributed by atoms with Crippen molar-refractivity contribution in [3.63, 3.8) is 0 Å². The fourth-order valence-electron chi connectivity index (χ4n) is 3.21. The van der Waals surface area contributed by atoms with E-state index < -0.39 is 12.0 Å². The molecule has 4 unspecified atom stereocenters. The Morgan fingerprint density at radius 3 is 2.79 bits per heavy atom. The molecule has 19 heavy (non-hydrogen) atoms. The minimum atomic E-state index is -0.819. The van der Waals surface area contributed by atoms with E-state index in [0.29, 0.717) is 5.92 Å². The molecule has 1 saturated carbocycles. The van der Waals surface area contributed by atoms with Crippen molar-refractivity contribution in [1.29, 1.82) is 0 Å². The van der Waals surface area contributed by atoms with Gasteiger partial charge in [0.05, 0.1) is 12.7 Å². The molecule has 2 aliphatic rings. The van der Waals surface area contributed by atoms with Crippen molar-refractivity contribution < 1.29 is 14.6 Å². The van der Waals surface area contributed by atoms with Crippen LogP contribution in [0.1, 0.15) is 30.7 Å². The quantitative estimate of drug-likeness (QED) is 0.851. The highest BCUT2D eigenvalue weighted by Crippen LogP contribution is 2.35. The Hall–Kier alpha value is -1.39. The summed E-state index contributed by atoms with van der Waals surface area (Å²) in [5.74, 6) is -0.314. The molecule has 1 aliphatic carbocycles. The molecule has 0 radical (unpaired) electrons. The fraction of sp³-hybridized carbons (Fsp3) is 0.533. The second-order valence-corrected chi connectivity index (χ2v) is 5.46. The maximum absolute atomic E-state index is 11.0. The summed E-state index contributed by atoms with van der Waals surface area (Å²) >= 11 is 0. The Kier molecular flexibility index (Phi) is 3.53. The number of fused-ring (bicyclic) bond motifs is 1. The zero-order valence-corrected chi connectivity index (χ0v) is 10.8. The SMILES string of the molecule is O=C(O)C1COC2CCC(c3ccccc3)CC2N1. The van der Waals surface area contributed by atoms with Crippen LogP contribution in [0.3, 0.4) is 0 Å². The standard InChI is InChI=1S/C15H19NO3/c17-15(18)13-9-19-14-7-6-11(8-12(14)16-13)10-4-2-1-3-5-10/h1-5,11-14,16H,6-9H2,(H,17,18). The van der Waals surface area contributed by atoms with Gasteiger partial charge in [-0.15, -0.1) is 0 Å². The molecular formula is C15H19NO3. The van der Waals surface area contributed by atoms with Crippen LogP contribution in [0, 0.1) is 0 Å². The lowest BCUT2D eigenvalue weighted by Crippen LogP contribution is -2.58. The average molecular weight is 261 g/mol. The van der Waals surface area contributed by atoms with Gasteiger partial charge >= 0.3 is 5.97 Å². The van der Waals surface area contributed by atoms with Gasteiger partial charge in [-0.05, 0) is 30.7 Å². The molecule has 1 aromatic rings. The molecule has 4 heteroatoms. The van der Waals surface area contributed by atoms with E-state index in [1.54, 1.807) is 0 Å². The van der Waals surface area contributed by atoms with Crippen molar-refractivity contribution in [2.45, 2.75) is 43.4 Å². The van der Waals surface area contributed by atoms with Gasteiger partial charge in [0.25, 0.3) is 0 Å². The lowest BCUT2D eigenvalue weighted by Gasteiger charge is -2.42. The predicted molar refractivity (Wildman–Crippen MR) is 71.1 cm³/mol. The fourth-order valence-corrected chi connectivity index (χ4v) is 3.21. The van der Waals surface area contributed by atoms with E-state index in [1.807, 2.05) is 6.07 Å². The third kappa shape index (κ3) is 2.65. The number of aliphatic carboxylic acids is 1. The predicted octanol–water partition coefficient (Wildman–Crippen LogP) is 1.76.